The van der Waals surface area contributed by atoms with Crippen LogP contribution in [0.4, 0.5) is 0 Å². The average molecular weight is 283 g/mol. The number of nitrogens with two attached hydrogens (primary N) is 1. The van der Waals surface area contributed by atoms with Gasteiger partial charge in [-0.15, -0.1) is 0 Å². The molecule has 116 valence electrons. The second kappa shape index (κ2) is 8.60. The SMILES string of the molecule is NC1CCCCCC1C(=O)NCCCN1CCOCC1. The van der Waals surface area contributed by atoms with Gasteiger partial charge in [-0.2, -0.15) is 0 Å². The first-order valence-electron chi connectivity index (χ1n) is 8.11. The minimum atomic E-state index is 0.0286. The van der Waals surface area contributed by atoms with Crippen LogP contribution in [0.25, 0.3) is 0 Å². The van der Waals surface area contributed by atoms with Crippen molar-refractivity contribution in [3.63, 3.8) is 0 Å². The minimum Gasteiger partial charge on any atom is -0.379 e. The van der Waals surface area contributed by atoms with E-state index in [0.717, 1.165) is 65.1 Å². The highest BCUT2D eigenvalue weighted by atomic mass is 16.5. The normalized spacial score (nSPS) is 28.9. The molecule has 3 N–H and O–H groups in total. The molecule has 0 radical (unpaired) electrons. The highest BCUT2D eigenvalue weighted by molar-refractivity contribution is 5.79. The first kappa shape index (κ1) is 15.7. The lowest BCUT2D eigenvalue weighted by atomic mass is 9.94. The summed E-state index contributed by atoms with van der Waals surface area (Å²) in [7, 11) is 0. The van der Waals surface area contributed by atoms with Gasteiger partial charge in [0.15, 0.2) is 0 Å². The second-order valence-corrected chi connectivity index (χ2v) is 6.01. The lowest BCUT2D eigenvalue weighted by Crippen LogP contribution is -2.42. The molecule has 2 fully saturated rings. The highest BCUT2D eigenvalue weighted by Gasteiger charge is 2.26. The molecular weight excluding hydrogens is 254 g/mol. The molecule has 1 saturated carbocycles. The Hall–Kier alpha value is -0.650. The van der Waals surface area contributed by atoms with Gasteiger partial charge in [0.2, 0.25) is 5.91 Å². The fourth-order valence-electron chi connectivity index (χ4n) is 3.13. The Balaban J connectivity index is 1.61. The Morgan fingerprint density at radius 2 is 1.95 bits per heavy atom. The summed E-state index contributed by atoms with van der Waals surface area (Å²) in [6.45, 7) is 5.51. The number of hydrogen-bond acceptors (Lipinski definition) is 4. The fourth-order valence-corrected chi connectivity index (χ4v) is 3.13. The number of hydrogen-bond donors (Lipinski definition) is 2. The molecule has 1 heterocycles. The van der Waals surface area contributed by atoms with Crippen molar-refractivity contribution in [2.45, 2.75) is 44.6 Å². The van der Waals surface area contributed by atoms with Crippen molar-refractivity contribution < 1.29 is 9.53 Å². The van der Waals surface area contributed by atoms with Crippen molar-refractivity contribution in [3.8, 4) is 0 Å². The molecule has 0 aromatic rings. The van der Waals surface area contributed by atoms with Gasteiger partial charge in [0.1, 0.15) is 0 Å². The fraction of sp³-hybridized carbons (Fsp3) is 0.933. The number of carbonyl (C=O) groups is 1. The van der Waals surface area contributed by atoms with Crippen molar-refractivity contribution in [2.24, 2.45) is 11.7 Å². The molecule has 20 heavy (non-hydrogen) atoms. The van der Waals surface area contributed by atoms with Crippen molar-refractivity contribution >= 4 is 5.91 Å². The summed E-state index contributed by atoms with van der Waals surface area (Å²) in [4.78, 5) is 14.6. The Morgan fingerprint density at radius 1 is 1.20 bits per heavy atom. The number of nitrogens with one attached hydrogen (secondary N) is 1. The van der Waals surface area contributed by atoms with Crippen LogP contribution in [0.1, 0.15) is 38.5 Å². The summed E-state index contributed by atoms with van der Waals surface area (Å²) in [5.41, 5.74) is 6.12. The van der Waals surface area contributed by atoms with E-state index < -0.39 is 0 Å². The second-order valence-electron chi connectivity index (χ2n) is 6.01. The molecule has 2 rings (SSSR count). The van der Waals surface area contributed by atoms with Crippen LogP contribution in [0.15, 0.2) is 0 Å². The van der Waals surface area contributed by atoms with Gasteiger partial charge < -0.3 is 15.8 Å². The number of rotatable bonds is 5. The Kier molecular flexibility index (Phi) is 6.76. The lowest BCUT2D eigenvalue weighted by Gasteiger charge is -2.26. The minimum absolute atomic E-state index is 0.0286. The molecule has 5 nitrogen and oxygen atoms in total. The first-order chi connectivity index (χ1) is 9.77. The zero-order valence-electron chi connectivity index (χ0n) is 12.5. The van der Waals surface area contributed by atoms with Gasteiger partial charge in [0.25, 0.3) is 0 Å². The Labute approximate surface area is 122 Å². The van der Waals surface area contributed by atoms with Crippen molar-refractivity contribution in [1.29, 1.82) is 0 Å². The van der Waals surface area contributed by atoms with Crippen LogP contribution in [0.5, 0.6) is 0 Å². The monoisotopic (exact) mass is 283 g/mol. The predicted octanol–water partition coefficient (Wildman–Crippen LogP) is 0.733. The summed E-state index contributed by atoms with van der Waals surface area (Å²) >= 11 is 0. The quantitative estimate of drug-likeness (QED) is 0.577. The predicted molar refractivity (Wildman–Crippen MR) is 79.4 cm³/mol. The molecular formula is C15H29N3O2. The Bertz CT molecular complexity index is 293. The van der Waals surface area contributed by atoms with Gasteiger partial charge in [-0.3, -0.25) is 9.69 Å². The van der Waals surface area contributed by atoms with E-state index in [1.54, 1.807) is 0 Å². The van der Waals surface area contributed by atoms with Gasteiger partial charge in [0.05, 0.1) is 19.1 Å². The van der Waals surface area contributed by atoms with E-state index in [-0.39, 0.29) is 17.9 Å². The van der Waals surface area contributed by atoms with Crippen LogP contribution >= 0.6 is 0 Å². The van der Waals surface area contributed by atoms with Crippen molar-refractivity contribution in [3.05, 3.63) is 0 Å². The van der Waals surface area contributed by atoms with Crippen LogP contribution < -0.4 is 11.1 Å². The topological polar surface area (TPSA) is 67.6 Å². The van der Waals surface area contributed by atoms with E-state index in [4.69, 9.17) is 10.5 Å². The summed E-state index contributed by atoms with van der Waals surface area (Å²) in [5, 5.41) is 3.07. The van der Waals surface area contributed by atoms with Crippen LogP contribution in [0, 0.1) is 5.92 Å². The molecule has 2 atom stereocenters. The number of nitrogens with zero attached hydrogens (tertiary/aromatic N) is 1. The van der Waals surface area contributed by atoms with Crippen LogP contribution in [0.2, 0.25) is 0 Å². The molecule has 0 spiro atoms. The van der Waals surface area contributed by atoms with Crippen molar-refractivity contribution in [1.82, 2.24) is 10.2 Å². The molecule has 0 aromatic carbocycles. The maximum Gasteiger partial charge on any atom is 0.224 e. The third kappa shape index (κ3) is 5.04. The van der Waals surface area contributed by atoms with Crippen LogP contribution in [-0.4, -0.2) is 56.2 Å². The molecule has 0 aromatic heterocycles. The smallest absolute Gasteiger partial charge is 0.224 e. The lowest BCUT2D eigenvalue weighted by molar-refractivity contribution is -0.125. The van der Waals surface area contributed by atoms with E-state index in [9.17, 15) is 4.79 Å². The number of ether oxygens (including phenoxy) is 1. The van der Waals surface area contributed by atoms with E-state index in [1.165, 1.54) is 12.8 Å². The molecule has 0 bridgehead atoms. The Morgan fingerprint density at radius 3 is 2.75 bits per heavy atom. The maximum absolute atomic E-state index is 12.2. The third-order valence-electron chi connectivity index (χ3n) is 4.46. The summed E-state index contributed by atoms with van der Waals surface area (Å²) in [6, 6.07) is 0.0525. The number of carbonyl (C=O) groups excluding carboxylic acids is 1. The zero-order valence-corrected chi connectivity index (χ0v) is 12.5. The van der Waals surface area contributed by atoms with Gasteiger partial charge in [-0.05, 0) is 25.8 Å². The number of amides is 1. The molecule has 5 heteroatoms. The van der Waals surface area contributed by atoms with E-state index in [2.05, 4.69) is 10.2 Å². The van der Waals surface area contributed by atoms with E-state index in [1.807, 2.05) is 0 Å². The van der Waals surface area contributed by atoms with Gasteiger partial charge in [0, 0.05) is 25.7 Å². The van der Waals surface area contributed by atoms with E-state index in [0.29, 0.717) is 0 Å². The summed E-state index contributed by atoms with van der Waals surface area (Å²) in [5.74, 6) is 0.197. The average Bonchev–Trinajstić information content (AvgIpc) is 2.69. The highest BCUT2D eigenvalue weighted by Crippen LogP contribution is 2.22. The molecule has 1 saturated heterocycles. The third-order valence-corrected chi connectivity index (χ3v) is 4.46. The zero-order chi connectivity index (χ0) is 14.2. The van der Waals surface area contributed by atoms with Crippen LogP contribution in [0.3, 0.4) is 0 Å². The van der Waals surface area contributed by atoms with Crippen LogP contribution in [-0.2, 0) is 9.53 Å². The largest absolute Gasteiger partial charge is 0.379 e. The first-order valence-corrected chi connectivity index (χ1v) is 8.11. The van der Waals surface area contributed by atoms with E-state index >= 15 is 0 Å². The molecule has 1 aliphatic heterocycles. The van der Waals surface area contributed by atoms with Gasteiger partial charge in [-0.25, -0.2) is 0 Å². The van der Waals surface area contributed by atoms with Gasteiger partial charge in [-0.1, -0.05) is 19.3 Å². The summed E-state index contributed by atoms with van der Waals surface area (Å²) in [6.07, 6.45) is 6.48. The van der Waals surface area contributed by atoms with Gasteiger partial charge >= 0.3 is 0 Å². The standard InChI is InChI=1S/C15H29N3O2/c16-14-6-3-1-2-5-13(14)15(19)17-7-4-8-18-9-11-20-12-10-18/h13-14H,1-12,16H2,(H,17,19). The molecule has 2 aliphatic rings. The number of morpholine rings is 1. The summed E-state index contributed by atoms with van der Waals surface area (Å²) < 4.78 is 5.32. The molecule has 1 aliphatic carbocycles. The molecule has 1 amide bonds. The maximum atomic E-state index is 12.2. The molecule has 2 unspecified atom stereocenters. The van der Waals surface area contributed by atoms with Crippen molar-refractivity contribution in [2.75, 3.05) is 39.4 Å².